The van der Waals surface area contributed by atoms with Gasteiger partial charge in [0.15, 0.2) is 0 Å². The number of halogens is 1. The first-order valence-electron chi connectivity index (χ1n) is 10.5. The van der Waals surface area contributed by atoms with Gasteiger partial charge in [0.05, 0.1) is 12.6 Å². The highest BCUT2D eigenvalue weighted by Gasteiger charge is 2.35. The van der Waals surface area contributed by atoms with Crippen molar-refractivity contribution in [3.63, 3.8) is 0 Å². The first-order chi connectivity index (χ1) is 15.5. The van der Waals surface area contributed by atoms with Crippen LogP contribution in [0.5, 0.6) is 0 Å². The van der Waals surface area contributed by atoms with Gasteiger partial charge in [-0.15, -0.1) is 12.4 Å². The van der Waals surface area contributed by atoms with E-state index < -0.39 is 6.04 Å². The third-order valence-electron chi connectivity index (χ3n) is 5.35. The van der Waals surface area contributed by atoms with Crippen molar-refractivity contribution >= 4 is 41.7 Å². The summed E-state index contributed by atoms with van der Waals surface area (Å²) >= 11 is 0. The number of nitrogens with zero attached hydrogens (tertiary/aromatic N) is 4. The second-order valence-electron chi connectivity index (χ2n) is 7.60. The summed E-state index contributed by atoms with van der Waals surface area (Å²) in [6.07, 6.45) is 2.17. The predicted molar refractivity (Wildman–Crippen MR) is 122 cm³/mol. The molecule has 178 valence electrons. The van der Waals surface area contributed by atoms with Crippen molar-refractivity contribution in [1.82, 2.24) is 26.2 Å². The smallest absolute Gasteiger partial charge is 0.251 e. The van der Waals surface area contributed by atoms with Crippen molar-refractivity contribution in [1.29, 1.82) is 0 Å². The molecule has 33 heavy (non-hydrogen) atoms. The van der Waals surface area contributed by atoms with Gasteiger partial charge in [-0.1, -0.05) is 17.2 Å². The molecule has 12 nitrogen and oxygen atoms in total. The van der Waals surface area contributed by atoms with E-state index in [1.165, 1.54) is 29.2 Å². The molecule has 2 aliphatic heterocycles. The fraction of sp³-hybridized carbons (Fsp3) is 0.500. The van der Waals surface area contributed by atoms with Gasteiger partial charge in [-0.2, -0.15) is 0 Å². The quantitative estimate of drug-likeness (QED) is 0.174. The van der Waals surface area contributed by atoms with E-state index in [4.69, 9.17) is 5.53 Å². The standard InChI is InChI=1S/C20H26N8O4.ClH/c21-27-26-14-5-3-13(4-6-14)18(30)24-10-9-23-17(29)12-28-11-7-16(20(28)32)25-19(31)15-2-1-8-22-15;/h3-6,15-16,22H,1-2,7-12H2,(H,23,29)(H,24,30)(H,25,31);1H/t15-,16+;/m0./s1. The Morgan fingerprint density at radius 3 is 2.55 bits per heavy atom. The highest BCUT2D eigenvalue weighted by molar-refractivity contribution is 5.95. The highest BCUT2D eigenvalue weighted by atomic mass is 35.5. The summed E-state index contributed by atoms with van der Waals surface area (Å²) in [7, 11) is 0. The molecule has 1 aromatic rings. The summed E-state index contributed by atoms with van der Waals surface area (Å²) in [5.74, 6) is -1.09. The van der Waals surface area contributed by atoms with Gasteiger partial charge in [0, 0.05) is 35.8 Å². The number of azide groups is 1. The third kappa shape index (κ3) is 7.35. The van der Waals surface area contributed by atoms with Crippen LogP contribution in [0.2, 0.25) is 0 Å². The molecule has 0 bridgehead atoms. The topological polar surface area (TPSA) is 168 Å². The fourth-order valence-corrected chi connectivity index (χ4v) is 3.65. The molecule has 1 aromatic carbocycles. The third-order valence-corrected chi connectivity index (χ3v) is 5.35. The van der Waals surface area contributed by atoms with Crippen LogP contribution in [0.1, 0.15) is 29.6 Å². The molecule has 2 fully saturated rings. The van der Waals surface area contributed by atoms with Gasteiger partial charge in [-0.25, -0.2) is 0 Å². The molecule has 0 saturated carbocycles. The molecule has 0 spiro atoms. The van der Waals surface area contributed by atoms with Crippen LogP contribution < -0.4 is 21.3 Å². The van der Waals surface area contributed by atoms with Crippen LogP contribution in [0.4, 0.5) is 5.69 Å². The van der Waals surface area contributed by atoms with Crippen molar-refractivity contribution < 1.29 is 19.2 Å². The van der Waals surface area contributed by atoms with Crippen molar-refractivity contribution in [3.05, 3.63) is 40.3 Å². The molecule has 4 N–H and O–H groups in total. The van der Waals surface area contributed by atoms with E-state index in [1.807, 2.05) is 0 Å². The fourth-order valence-electron chi connectivity index (χ4n) is 3.65. The van der Waals surface area contributed by atoms with Gasteiger partial charge >= 0.3 is 0 Å². The van der Waals surface area contributed by atoms with E-state index in [1.54, 1.807) is 0 Å². The van der Waals surface area contributed by atoms with Crippen LogP contribution in [0.25, 0.3) is 10.4 Å². The van der Waals surface area contributed by atoms with Crippen molar-refractivity contribution in [3.8, 4) is 0 Å². The molecule has 0 aromatic heterocycles. The Kier molecular flexibility index (Phi) is 9.92. The van der Waals surface area contributed by atoms with E-state index in [0.717, 1.165) is 19.4 Å². The van der Waals surface area contributed by atoms with E-state index in [-0.39, 0.29) is 61.7 Å². The normalized spacial score (nSPS) is 19.3. The lowest BCUT2D eigenvalue weighted by Crippen LogP contribution is -2.49. The molecule has 2 heterocycles. The number of likely N-dealkylation sites (tertiary alicyclic amines) is 1. The number of nitrogens with one attached hydrogen (secondary N) is 4. The Labute approximate surface area is 196 Å². The van der Waals surface area contributed by atoms with Crippen LogP contribution in [0.15, 0.2) is 29.4 Å². The van der Waals surface area contributed by atoms with Crippen molar-refractivity contribution in [2.75, 3.05) is 32.7 Å². The zero-order chi connectivity index (χ0) is 22.9. The number of hydrogen-bond donors (Lipinski definition) is 4. The second kappa shape index (κ2) is 12.6. The first-order valence-corrected chi connectivity index (χ1v) is 10.5. The van der Waals surface area contributed by atoms with Crippen LogP contribution >= 0.6 is 12.4 Å². The zero-order valence-corrected chi connectivity index (χ0v) is 18.8. The van der Waals surface area contributed by atoms with E-state index in [2.05, 4.69) is 31.3 Å². The van der Waals surface area contributed by atoms with Gasteiger partial charge in [-0.3, -0.25) is 19.2 Å². The molecule has 4 amide bonds. The molecule has 2 atom stereocenters. The van der Waals surface area contributed by atoms with Crippen LogP contribution in [0, 0.1) is 0 Å². The number of carbonyl (C=O) groups excluding carboxylic acids is 4. The predicted octanol–water partition coefficient (Wildman–Crippen LogP) is 0.365. The van der Waals surface area contributed by atoms with Crippen LogP contribution in [-0.4, -0.2) is 73.3 Å². The van der Waals surface area contributed by atoms with Gasteiger partial charge in [0.2, 0.25) is 17.7 Å². The van der Waals surface area contributed by atoms with Gasteiger partial charge in [0.1, 0.15) is 6.04 Å². The Hall–Kier alpha value is -3.34. The molecule has 0 radical (unpaired) electrons. The minimum atomic E-state index is -0.595. The summed E-state index contributed by atoms with van der Waals surface area (Å²) in [4.78, 5) is 53.0. The van der Waals surface area contributed by atoms with E-state index >= 15 is 0 Å². The van der Waals surface area contributed by atoms with Crippen molar-refractivity contribution in [2.45, 2.75) is 31.3 Å². The van der Waals surface area contributed by atoms with Gasteiger partial charge < -0.3 is 26.2 Å². The first kappa shape index (κ1) is 25.9. The van der Waals surface area contributed by atoms with Gasteiger partial charge in [-0.05, 0) is 43.5 Å². The lowest BCUT2D eigenvalue weighted by molar-refractivity contribution is -0.135. The minimum Gasteiger partial charge on any atom is -0.353 e. The molecular weight excluding hydrogens is 452 g/mol. The molecule has 2 aliphatic rings. The number of carbonyl (C=O) groups is 4. The Morgan fingerprint density at radius 1 is 1.15 bits per heavy atom. The second-order valence-corrected chi connectivity index (χ2v) is 7.60. The largest absolute Gasteiger partial charge is 0.353 e. The maximum atomic E-state index is 12.5. The Balaban J connectivity index is 0.00000385. The molecular formula is C20H27ClN8O4. The summed E-state index contributed by atoms with van der Waals surface area (Å²) in [5.41, 5.74) is 9.19. The van der Waals surface area contributed by atoms with E-state index in [0.29, 0.717) is 24.2 Å². The summed E-state index contributed by atoms with van der Waals surface area (Å²) in [6, 6.07) is 5.29. The molecule has 3 rings (SSSR count). The molecule has 2 saturated heterocycles. The maximum absolute atomic E-state index is 12.5. The van der Waals surface area contributed by atoms with Crippen LogP contribution in [0.3, 0.4) is 0 Å². The zero-order valence-electron chi connectivity index (χ0n) is 18.0. The molecule has 0 unspecified atom stereocenters. The molecule has 13 heteroatoms. The average molecular weight is 479 g/mol. The number of benzene rings is 1. The Bertz CT molecular complexity index is 913. The number of amides is 4. The monoisotopic (exact) mass is 478 g/mol. The maximum Gasteiger partial charge on any atom is 0.251 e. The number of rotatable bonds is 9. The lowest BCUT2D eigenvalue weighted by atomic mass is 10.2. The van der Waals surface area contributed by atoms with E-state index in [9.17, 15) is 19.2 Å². The SMILES string of the molecule is Cl.[N-]=[N+]=Nc1ccc(C(=O)NCCNC(=O)CN2CC[C@@H](NC(=O)[C@@H]3CCCN3)C2=O)cc1. The summed E-state index contributed by atoms with van der Waals surface area (Å²) in [5, 5.41) is 14.6. The van der Waals surface area contributed by atoms with Gasteiger partial charge in [0.25, 0.3) is 5.91 Å². The minimum absolute atomic E-state index is 0. The average Bonchev–Trinajstić information content (AvgIpc) is 3.44. The highest BCUT2D eigenvalue weighted by Crippen LogP contribution is 2.13. The van der Waals surface area contributed by atoms with Crippen LogP contribution in [-0.2, 0) is 14.4 Å². The summed E-state index contributed by atoms with van der Waals surface area (Å²) < 4.78 is 0. The number of hydrogen-bond acceptors (Lipinski definition) is 6. The Morgan fingerprint density at radius 2 is 1.88 bits per heavy atom. The molecule has 0 aliphatic carbocycles. The van der Waals surface area contributed by atoms with Crippen molar-refractivity contribution in [2.24, 2.45) is 5.11 Å². The summed E-state index contributed by atoms with van der Waals surface area (Å²) in [6.45, 7) is 1.52. The lowest BCUT2D eigenvalue weighted by Gasteiger charge is -2.18.